The van der Waals surface area contributed by atoms with Gasteiger partial charge >= 0.3 is 6.03 Å². The van der Waals surface area contributed by atoms with E-state index >= 15 is 0 Å². The number of allylic oxidation sites excluding steroid dienone is 2. The molecule has 3 rings (SSSR count). The first-order chi connectivity index (χ1) is 14.0. The van der Waals surface area contributed by atoms with E-state index in [9.17, 15) is 9.59 Å². The number of anilines is 1. The van der Waals surface area contributed by atoms with Crippen LogP contribution in [0.3, 0.4) is 0 Å². The van der Waals surface area contributed by atoms with Gasteiger partial charge in [0.2, 0.25) is 0 Å². The molecule has 2 aromatic rings. The summed E-state index contributed by atoms with van der Waals surface area (Å²) in [6.45, 7) is 9.94. The highest BCUT2D eigenvalue weighted by Crippen LogP contribution is 2.33. The van der Waals surface area contributed by atoms with Gasteiger partial charge in [-0.15, -0.1) is 9.24 Å². The molecular weight excluding hydrogens is 397 g/mol. The summed E-state index contributed by atoms with van der Waals surface area (Å²) in [5, 5.41) is 13.2. The molecule has 158 valence electrons. The smallest absolute Gasteiger partial charge is 0.305 e. The van der Waals surface area contributed by atoms with Gasteiger partial charge in [-0.1, -0.05) is 29.8 Å². The van der Waals surface area contributed by atoms with Gasteiger partial charge in [-0.25, -0.2) is 9.69 Å². The number of aryl methyl sites for hydroxylation is 1. The molecule has 1 atom stereocenters. The van der Waals surface area contributed by atoms with Gasteiger partial charge in [0, 0.05) is 18.5 Å². The molecule has 8 heteroatoms. The summed E-state index contributed by atoms with van der Waals surface area (Å²) in [5.74, 6) is -0.277. The van der Waals surface area contributed by atoms with Crippen molar-refractivity contribution in [2.24, 2.45) is 0 Å². The summed E-state index contributed by atoms with van der Waals surface area (Å²) < 4.78 is 1.65. The van der Waals surface area contributed by atoms with Crippen molar-refractivity contribution in [3.05, 3.63) is 58.7 Å². The van der Waals surface area contributed by atoms with E-state index in [0.29, 0.717) is 24.5 Å². The molecule has 1 fully saturated rings. The van der Waals surface area contributed by atoms with Gasteiger partial charge in [-0.3, -0.25) is 9.48 Å². The van der Waals surface area contributed by atoms with Crippen molar-refractivity contribution in [2.45, 2.75) is 53.2 Å². The first kappa shape index (κ1) is 21.9. The normalized spacial score (nSPS) is 16.9. The number of nitrogens with zero attached hydrogens (tertiary/aromatic N) is 4. The highest BCUT2D eigenvalue weighted by atomic mass is 31.0. The number of benzene rings is 1. The van der Waals surface area contributed by atoms with Crippen molar-refractivity contribution < 1.29 is 9.59 Å². The Kier molecular flexibility index (Phi) is 5.95. The maximum atomic E-state index is 13.2. The standard InChI is InChI=1S/C22H28N5O2P/c1-14-7-6-8-17(9-14)11-26-21(29)27(20(28)22(26,4)5)18-10-24-25(12-18)13-19(15(2)23)16(3)30/h6-10,12,23H,11,13,30H2,1-5H3. The van der Waals surface area contributed by atoms with Crippen LogP contribution in [-0.2, 0) is 17.9 Å². The zero-order chi connectivity index (χ0) is 22.2. The SMILES string of the molecule is CC(=N)C(Cn1cc(N2C(=O)N(Cc3cccc(C)c3)C(C)(C)C2=O)cn1)=C(C)P. The second-order valence-electron chi connectivity index (χ2n) is 8.24. The number of imide groups is 1. The van der Waals surface area contributed by atoms with Crippen LogP contribution in [0.2, 0.25) is 0 Å². The van der Waals surface area contributed by atoms with Gasteiger partial charge in [0.15, 0.2) is 0 Å². The Bertz CT molecular complexity index is 1050. The minimum atomic E-state index is -0.962. The van der Waals surface area contributed by atoms with Gasteiger partial charge < -0.3 is 10.3 Å². The van der Waals surface area contributed by atoms with Gasteiger partial charge in [-0.05, 0) is 51.1 Å². The lowest BCUT2D eigenvalue weighted by atomic mass is 10.0. The Hall–Kier alpha value is -2.79. The van der Waals surface area contributed by atoms with E-state index in [-0.39, 0.29) is 11.9 Å². The third-order valence-electron chi connectivity index (χ3n) is 5.37. The lowest BCUT2D eigenvalue weighted by Gasteiger charge is -2.27. The summed E-state index contributed by atoms with van der Waals surface area (Å²) in [6.07, 6.45) is 3.20. The van der Waals surface area contributed by atoms with Crippen LogP contribution in [0.25, 0.3) is 0 Å². The maximum Gasteiger partial charge on any atom is 0.332 e. The second-order valence-corrected chi connectivity index (χ2v) is 9.11. The third-order valence-corrected chi connectivity index (χ3v) is 5.72. The number of rotatable bonds is 6. The summed E-state index contributed by atoms with van der Waals surface area (Å²) >= 11 is 0. The minimum absolute atomic E-state index is 0.277. The molecule has 2 heterocycles. The van der Waals surface area contributed by atoms with Crippen LogP contribution >= 0.6 is 9.24 Å². The summed E-state index contributed by atoms with van der Waals surface area (Å²) in [7, 11) is 2.61. The molecule has 7 nitrogen and oxygen atoms in total. The number of hydrogen-bond acceptors (Lipinski definition) is 4. The molecule has 1 aromatic carbocycles. The van der Waals surface area contributed by atoms with E-state index in [1.807, 2.05) is 38.1 Å². The van der Waals surface area contributed by atoms with Crippen LogP contribution in [0, 0.1) is 12.3 Å². The Morgan fingerprint density at radius 3 is 2.53 bits per heavy atom. The third kappa shape index (κ3) is 4.08. The molecule has 30 heavy (non-hydrogen) atoms. The minimum Gasteiger partial charge on any atom is -0.305 e. The van der Waals surface area contributed by atoms with Crippen molar-refractivity contribution in [3.63, 3.8) is 0 Å². The van der Waals surface area contributed by atoms with Crippen molar-refractivity contribution in [3.8, 4) is 0 Å². The topological polar surface area (TPSA) is 82.3 Å². The van der Waals surface area contributed by atoms with Crippen LogP contribution < -0.4 is 4.90 Å². The number of hydrogen-bond donors (Lipinski definition) is 1. The molecule has 0 radical (unpaired) electrons. The number of amides is 3. The van der Waals surface area contributed by atoms with Gasteiger partial charge in [0.25, 0.3) is 5.91 Å². The number of carbonyl (C=O) groups is 2. The van der Waals surface area contributed by atoms with Gasteiger partial charge in [0.1, 0.15) is 5.54 Å². The predicted octanol–water partition coefficient (Wildman–Crippen LogP) is 4.13. The zero-order valence-corrected chi connectivity index (χ0v) is 19.2. The molecule has 0 spiro atoms. The van der Waals surface area contributed by atoms with E-state index in [0.717, 1.165) is 22.0 Å². The molecule has 3 amide bonds. The molecule has 0 aliphatic carbocycles. The molecule has 1 N–H and O–H groups in total. The van der Waals surface area contributed by atoms with Crippen LogP contribution in [0.15, 0.2) is 47.5 Å². The van der Waals surface area contributed by atoms with Crippen LogP contribution in [-0.4, -0.2) is 37.9 Å². The Balaban J connectivity index is 1.88. The molecular formula is C22H28N5O2P. The van der Waals surface area contributed by atoms with Crippen molar-refractivity contribution in [2.75, 3.05) is 4.90 Å². The number of aromatic nitrogens is 2. The fourth-order valence-corrected chi connectivity index (χ4v) is 3.89. The molecule has 0 saturated carbocycles. The highest BCUT2D eigenvalue weighted by molar-refractivity contribution is 7.22. The number of carbonyl (C=O) groups excluding carboxylic acids is 2. The van der Waals surface area contributed by atoms with Gasteiger partial charge in [-0.2, -0.15) is 5.10 Å². The van der Waals surface area contributed by atoms with E-state index in [1.165, 1.54) is 11.1 Å². The molecule has 1 aliphatic rings. The molecule has 1 saturated heterocycles. The first-order valence-electron chi connectivity index (χ1n) is 9.77. The summed E-state index contributed by atoms with van der Waals surface area (Å²) in [5.41, 5.74) is 2.86. The molecule has 1 aromatic heterocycles. The second kappa shape index (κ2) is 8.15. The molecule has 1 unspecified atom stereocenters. The monoisotopic (exact) mass is 425 g/mol. The Morgan fingerprint density at radius 2 is 1.93 bits per heavy atom. The van der Waals surface area contributed by atoms with Crippen molar-refractivity contribution in [1.29, 1.82) is 5.41 Å². The van der Waals surface area contributed by atoms with E-state index in [2.05, 4.69) is 14.3 Å². The number of nitrogens with one attached hydrogen (secondary N) is 1. The van der Waals surface area contributed by atoms with Gasteiger partial charge in [0.05, 0.1) is 18.4 Å². The van der Waals surface area contributed by atoms with Crippen LogP contribution in [0.1, 0.15) is 38.8 Å². The molecule has 0 bridgehead atoms. The lowest BCUT2D eigenvalue weighted by Crippen LogP contribution is -2.43. The van der Waals surface area contributed by atoms with E-state index in [4.69, 9.17) is 5.41 Å². The summed E-state index contributed by atoms with van der Waals surface area (Å²) in [6, 6.07) is 7.58. The summed E-state index contributed by atoms with van der Waals surface area (Å²) in [4.78, 5) is 29.1. The van der Waals surface area contributed by atoms with Crippen LogP contribution in [0.4, 0.5) is 10.5 Å². The first-order valence-corrected chi connectivity index (χ1v) is 10.3. The highest BCUT2D eigenvalue weighted by Gasteiger charge is 2.52. The number of urea groups is 1. The fourth-order valence-electron chi connectivity index (χ4n) is 3.58. The predicted molar refractivity (Wildman–Crippen MR) is 122 cm³/mol. The largest absolute Gasteiger partial charge is 0.332 e. The van der Waals surface area contributed by atoms with Crippen molar-refractivity contribution >= 4 is 32.6 Å². The quantitative estimate of drug-likeness (QED) is 0.429. The Morgan fingerprint density at radius 1 is 1.23 bits per heavy atom. The lowest BCUT2D eigenvalue weighted by molar-refractivity contribution is -0.123. The maximum absolute atomic E-state index is 13.2. The van der Waals surface area contributed by atoms with Crippen molar-refractivity contribution in [1.82, 2.24) is 14.7 Å². The average molecular weight is 425 g/mol. The molecule has 1 aliphatic heterocycles. The van der Waals surface area contributed by atoms with E-state index < -0.39 is 5.54 Å². The van der Waals surface area contributed by atoms with Crippen LogP contribution in [0.5, 0.6) is 0 Å². The Labute approximate surface area is 179 Å². The van der Waals surface area contributed by atoms with E-state index in [1.54, 1.807) is 36.5 Å². The zero-order valence-electron chi connectivity index (χ0n) is 18.1. The fraction of sp³-hybridized carbons (Fsp3) is 0.364. The average Bonchev–Trinajstić information content (AvgIpc) is 3.17.